The first kappa shape index (κ1) is 13.7. The number of anilines is 1. The zero-order chi connectivity index (χ0) is 14.7. The lowest BCUT2D eigenvalue weighted by molar-refractivity contribution is 0.779. The van der Waals surface area contributed by atoms with Crippen molar-refractivity contribution in [2.45, 2.75) is 26.8 Å². The summed E-state index contributed by atoms with van der Waals surface area (Å²) in [5.41, 5.74) is 1.98. The van der Waals surface area contributed by atoms with Gasteiger partial charge in [0.05, 0.1) is 17.2 Å². The Kier molecular flexibility index (Phi) is 3.92. The molecule has 7 heteroatoms. The topological polar surface area (TPSA) is 68.5 Å². The van der Waals surface area contributed by atoms with E-state index in [1.54, 1.807) is 16.0 Å². The minimum Gasteiger partial charge on any atom is -0.380 e. The van der Waals surface area contributed by atoms with Crippen LogP contribution in [-0.2, 0) is 13.0 Å². The van der Waals surface area contributed by atoms with Gasteiger partial charge in [0.2, 0.25) is 0 Å². The van der Waals surface area contributed by atoms with E-state index in [-0.39, 0.29) is 0 Å². The molecule has 3 aromatic rings. The molecule has 1 aromatic carbocycles. The molecule has 0 saturated carbocycles. The highest BCUT2D eigenvalue weighted by Gasteiger charge is 2.05. The molecule has 108 valence electrons. The van der Waals surface area contributed by atoms with Gasteiger partial charge in [0.15, 0.2) is 5.82 Å². The van der Waals surface area contributed by atoms with Crippen LogP contribution in [0.4, 0.5) is 5.69 Å². The molecule has 0 spiro atoms. The highest BCUT2D eigenvalue weighted by Crippen LogP contribution is 2.18. The Labute approximate surface area is 126 Å². The molecule has 0 amide bonds. The zero-order valence-corrected chi connectivity index (χ0v) is 12.8. The molecule has 0 fully saturated rings. The van der Waals surface area contributed by atoms with Crippen molar-refractivity contribution in [2.24, 2.45) is 0 Å². The third-order valence-corrected chi connectivity index (χ3v) is 4.23. The van der Waals surface area contributed by atoms with Gasteiger partial charge in [-0.05, 0) is 42.0 Å². The van der Waals surface area contributed by atoms with E-state index in [0.717, 1.165) is 30.2 Å². The molecule has 0 aliphatic carbocycles. The molecule has 3 rings (SSSR count). The predicted molar refractivity (Wildman–Crippen MR) is 82.7 cm³/mol. The summed E-state index contributed by atoms with van der Waals surface area (Å²) >= 11 is 1.75. The summed E-state index contributed by atoms with van der Waals surface area (Å²) in [5.74, 6) is 0.766. The van der Waals surface area contributed by atoms with Crippen LogP contribution in [0.15, 0.2) is 30.5 Å². The number of rotatable bonds is 5. The van der Waals surface area contributed by atoms with Gasteiger partial charge in [-0.3, -0.25) is 0 Å². The van der Waals surface area contributed by atoms with E-state index in [9.17, 15) is 0 Å². The van der Waals surface area contributed by atoms with E-state index in [2.05, 4.69) is 32.7 Å². The standard InChI is InChI=1S/C14H16N6S/c1-3-14-16-9-13(21-14)8-15-11-5-4-6-12(7-11)20-10(2)17-18-19-20/h4-7,9,15H,3,8H2,1-2H3. The number of aromatic nitrogens is 5. The third kappa shape index (κ3) is 3.08. The van der Waals surface area contributed by atoms with E-state index in [1.165, 1.54) is 9.88 Å². The molecule has 0 radical (unpaired) electrons. The fraction of sp³-hybridized carbons (Fsp3) is 0.286. The van der Waals surface area contributed by atoms with Crippen LogP contribution >= 0.6 is 11.3 Å². The van der Waals surface area contributed by atoms with Gasteiger partial charge in [0.25, 0.3) is 0 Å². The zero-order valence-electron chi connectivity index (χ0n) is 11.9. The van der Waals surface area contributed by atoms with Crippen molar-refractivity contribution >= 4 is 17.0 Å². The SMILES string of the molecule is CCc1ncc(CNc2cccc(-n3nnnc3C)c2)s1. The van der Waals surface area contributed by atoms with Gasteiger partial charge in [-0.2, -0.15) is 4.68 Å². The summed E-state index contributed by atoms with van der Waals surface area (Å²) in [5, 5.41) is 16.1. The fourth-order valence-electron chi connectivity index (χ4n) is 2.00. The molecule has 0 aliphatic heterocycles. The van der Waals surface area contributed by atoms with Crippen molar-refractivity contribution in [1.82, 2.24) is 25.2 Å². The van der Waals surface area contributed by atoms with Crippen molar-refractivity contribution in [2.75, 3.05) is 5.32 Å². The minimum atomic E-state index is 0.766. The van der Waals surface area contributed by atoms with Gasteiger partial charge in [0.1, 0.15) is 0 Å². The summed E-state index contributed by atoms with van der Waals surface area (Å²) in [4.78, 5) is 5.60. The third-order valence-electron chi connectivity index (χ3n) is 3.09. The van der Waals surface area contributed by atoms with Crippen molar-refractivity contribution in [3.63, 3.8) is 0 Å². The Balaban J connectivity index is 1.73. The van der Waals surface area contributed by atoms with E-state index in [4.69, 9.17) is 0 Å². The molecule has 2 heterocycles. The van der Waals surface area contributed by atoms with E-state index in [1.807, 2.05) is 37.4 Å². The maximum absolute atomic E-state index is 4.36. The van der Waals surface area contributed by atoms with Crippen molar-refractivity contribution < 1.29 is 0 Å². The van der Waals surface area contributed by atoms with Gasteiger partial charge in [0, 0.05) is 16.8 Å². The van der Waals surface area contributed by atoms with E-state index >= 15 is 0 Å². The number of benzene rings is 1. The Hall–Kier alpha value is -2.28. The monoisotopic (exact) mass is 300 g/mol. The molecule has 0 atom stereocenters. The lowest BCUT2D eigenvalue weighted by Gasteiger charge is -2.07. The van der Waals surface area contributed by atoms with Crippen LogP contribution in [0.1, 0.15) is 22.6 Å². The summed E-state index contributed by atoms with van der Waals surface area (Å²) in [6.45, 7) is 4.77. The summed E-state index contributed by atoms with van der Waals surface area (Å²) in [6, 6.07) is 8.04. The number of hydrogen-bond acceptors (Lipinski definition) is 6. The molecule has 0 saturated heterocycles. The molecule has 2 aromatic heterocycles. The van der Waals surface area contributed by atoms with Gasteiger partial charge in [-0.25, -0.2) is 4.98 Å². The van der Waals surface area contributed by atoms with Crippen LogP contribution in [-0.4, -0.2) is 25.2 Å². The van der Waals surface area contributed by atoms with Crippen molar-refractivity contribution in [1.29, 1.82) is 0 Å². The second-order valence-electron chi connectivity index (χ2n) is 4.62. The quantitative estimate of drug-likeness (QED) is 0.784. The molecular weight excluding hydrogens is 284 g/mol. The van der Waals surface area contributed by atoms with Crippen molar-refractivity contribution in [3.8, 4) is 5.69 Å². The Morgan fingerprint density at radius 1 is 1.33 bits per heavy atom. The smallest absolute Gasteiger partial charge is 0.153 e. The predicted octanol–water partition coefficient (Wildman–Crippen LogP) is 2.60. The molecule has 0 aliphatic rings. The molecule has 1 N–H and O–H groups in total. The van der Waals surface area contributed by atoms with Crippen LogP contribution in [0.5, 0.6) is 0 Å². The molecular formula is C14H16N6S. The first-order valence-electron chi connectivity index (χ1n) is 6.79. The Morgan fingerprint density at radius 3 is 2.95 bits per heavy atom. The number of thiazole rings is 1. The number of nitrogens with one attached hydrogen (secondary N) is 1. The second kappa shape index (κ2) is 6.01. The molecule has 21 heavy (non-hydrogen) atoms. The van der Waals surface area contributed by atoms with Crippen LogP contribution in [0, 0.1) is 6.92 Å². The van der Waals surface area contributed by atoms with Gasteiger partial charge in [-0.15, -0.1) is 16.4 Å². The Bertz CT molecular complexity index is 732. The maximum atomic E-state index is 4.36. The average Bonchev–Trinajstić information content (AvgIpc) is 3.14. The lowest BCUT2D eigenvalue weighted by atomic mass is 10.2. The van der Waals surface area contributed by atoms with Crippen LogP contribution in [0.2, 0.25) is 0 Å². The largest absolute Gasteiger partial charge is 0.380 e. The second-order valence-corrected chi connectivity index (χ2v) is 5.82. The Morgan fingerprint density at radius 2 is 2.24 bits per heavy atom. The molecule has 0 bridgehead atoms. The summed E-state index contributed by atoms with van der Waals surface area (Å²) in [7, 11) is 0. The maximum Gasteiger partial charge on any atom is 0.153 e. The summed E-state index contributed by atoms with van der Waals surface area (Å²) < 4.78 is 1.72. The number of nitrogens with zero attached hydrogens (tertiary/aromatic N) is 5. The molecule has 6 nitrogen and oxygen atoms in total. The average molecular weight is 300 g/mol. The van der Waals surface area contributed by atoms with Gasteiger partial charge >= 0.3 is 0 Å². The van der Waals surface area contributed by atoms with Gasteiger partial charge in [-0.1, -0.05) is 13.0 Å². The fourth-order valence-corrected chi connectivity index (χ4v) is 2.80. The number of tetrazole rings is 1. The first-order chi connectivity index (χ1) is 10.3. The summed E-state index contributed by atoms with van der Waals surface area (Å²) in [6.07, 6.45) is 2.92. The minimum absolute atomic E-state index is 0.766. The highest BCUT2D eigenvalue weighted by molar-refractivity contribution is 7.11. The normalized spacial score (nSPS) is 10.8. The highest BCUT2D eigenvalue weighted by atomic mass is 32.1. The van der Waals surface area contributed by atoms with E-state index < -0.39 is 0 Å². The number of aryl methyl sites for hydroxylation is 2. The first-order valence-corrected chi connectivity index (χ1v) is 7.61. The lowest BCUT2D eigenvalue weighted by Crippen LogP contribution is -2.02. The molecule has 0 unspecified atom stereocenters. The van der Waals surface area contributed by atoms with E-state index in [0.29, 0.717) is 0 Å². The van der Waals surface area contributed by atoms with Crippen LogP contribution in [0.25, 0.3) is 5.69 Å². The van der Waals surface area contributed by atoms with Gasteiger partial charge < -0.3 is 5.32 Å². The van der Waals surface area contributed by atoms with Crippen LogP contribution < -0.4 is 5.32 Å². The van der Waals surface area contributed by atoms with Crippen molar-refractivity contribution in [3.05, 3.63) is 46.2 Å². The number of hydrogen-bond donors (Lipinski definition) is 1. The van der Waals surface area contributed by atoms with Crippen LogP contribution in [0.3, 0.4) is 0 Å².